The van der Waals surface area contributed by atoms with Gasteiger partial charge in [0.1, 0.15) is 11.6 Å². The summed E-state index contributed by atoms with van der Waals surface area (Å²) in [4.78, 5) is 27.0. The standard InChI is InChI=1S/C18H32N2O4/c1-18(2,3)24-17(22)19-15(14-8-5-9-14)16(21)20-10-6-7-13(11-20)12-23-4/h13-15H,5-12H2,1-4H3,(H,19,22). The van der Waals surface area contributed by atoms with Crippen LogP contribution in [0.5, 0.6) is 0 Å². The molecule has 0 bridgehead atoms. The second-order valence-electron chi connectivity index (χ2n) is 8.06. The number of hydrogen-bond donors (Lipinski definition) is 1. The van der Waals surface area contributed by atoms with Gasteiger partial charge in [0.05, 0.1) is 6.61 Å². The minimum Gasteiger partial charge on any atom is -0.444 e. The molecule has 1 heterocycles. The summed E-state index contributed by atoms with van der Waals surface area (Å²) in [5.41, 5.74) is -0.564. The van der Waals surface area contributed by atoms with Gasteiger partial charge in [0.25, 0.3) is 0 Å². The minimum absolute atomic E-state index is 0.0337. The monoisotopic (exact) mass is 340 g/mol. The van der Waals surface area contributed by atoms with Crippen molar-refractivity contribution in [1.29, 1.82) is 0 Å². The lowest BCUT2D eigenvalue weighted by Gasteiger charge is -2.39. The fourth-order valence-electron chi connectivity index (χ4n) is 3.42. The Bertz CT molecular complexity index is 441. The molecule has 2 rings (SSSR count). The average molecular weight is 340 g/mol. The fraction of sp³-hybridized carbons (Fsp3) is 0.889. The normalized spacial score (nSPS) is 23.3. The van der Waals surface area contributed by atoms with Crippen LogP contribution in [0.15, 0.2) is 0 Å². The Hall–Kier alpha value is -1.30. The van der Waals surface area contributed by atoms with Crippen LogP contribution >= 0.6 is 0 Å². The highest BCUT2D eigenvalue weighted by Crippen LogP contribution is 2.31. The number of rotatable bonds is 5. The zero-order chi connectivity index (χ0) is 17.7. The molecule has 2 amide bonds. The van der Waals surface area contributed by atoms with E-state index in [9.17, 15) is 9.59 Å². The average Bonchev–Trinajstić information content (AvgIpc) is 2.42. The number of carbonyl (C=O) groups excluding carboxylic acids is 2. The van der Waals surface area contributed by atoms with Gasteiger partial charge in [-0.25, -0.2) is 4.79 Å². The first-order valence-electron chi connectivity index (χ1n) is 9.07. The molecule has 138 valence electrons. The second kappa shape index (κ2) is 8.19. The van der Waals surface area contributed by atoms with E-state index in [-0.39, 0.29) is 11.8 Å². The van der Waals surface area contributed by atoms with E-state index in [1.54, 1.807) is 7.11 Å². The van der Waals surface area contributed by atoms with Crippen molar-refractivity contribution in [2.24, 2.45) is 11.8 Å². The summed E-state index contributed by atoms with van der Waals surface area (Å²) >= 11 is 0. The molecule has 0 spiro atoms. The third-order valence-electron chi connectivity index (χ3n) is 4.79. The predicted molar refractivity (Wildman–Crippen MR) is 91.7 cm³/mol. The Morgan fingerprint density at radius 2 is 1.92 bits per heavy atom. The molecule has 1 N–H and O–H groups in total. The molecule has 2 fully saturated rings. The van der Waals surface area contributed by atoms with Gasteiger partial charge < -0.3 is 19.7 Å². The SMILES string of the molecule is COCC1CCCN(C(=O)C(NC(=O)OC(C)(C)C)C2CCC2)C1. The number of methoxy groups -OCH3 is 1. The number of ether oxygens (including phenoxy) is 2. The van der Waals surface area contributed by atoms with E-state index < -0.39 is 17.7 Å². The minimum atomic E-state index is -0.564. The lowest BCUT2D eigenvalue weighted by atomic mass is 9.79. The summed E-state index contributed by atoms with van der Waals surface area (Å²) in [6.45, 7) is 7.63. The van der Waals surface area contributed by atoms with E-state index in [1.165, 1.54) is 0 Å². The van der Waals surface area contributed by atoms with Crippen molar-refractivity contribution < 1.29 is 19.1 Å². The summed E-state index contributed by atoms with van der Waals surface area (Å²) in [7, 11) is 1.70. The summed E-state index contributed by atoms with van der Waals surface area (Å²) in [6, 6.07) is -0.463. The molecule has 2 unspecified atom stereocenters. The number of alkyl carbamates (subject to hydrolysis) is 1. The maximum Gasteiger partial charge on any atom is 0.408 e. The van der Waals surface area contributed by atoms with E-state index in [4.69, 9.17) is 9.47 Å². The van der Waals surface area contributed by atoms with E-state index in [0.717, 1.165) is 38.6 Å². The van der Waals surface area contributed by atoms with E-state index >= 15 is 0 Å². The topological polar surface area (TPSA) is 67.9 Å². The van der Waals surface area contributed by atoms with Crippen LogP contribution in [0.4, 0.5) is 4.79 Å². The molecule has 2 atom stereocenters. The van der Waals surface area contributed by atoms with Crippen LogP contribution in [0.2, 0.25) is 0 Å². The van der Waals surface area contributed by atoms with Gasteiger partial charge in [0.15, 0.2) is 0 Å². The Morgan fingerprint density at radius 1 is 1.21 bits per heavy atom. The maximum absolute atomic E-state index is 13.0. The second-order valence-corrected chi connectivity index (χ2v) is 8.06. The van der Waals surface area contributed by atoms with E-state index in [1.807, 2.05) is 25.7 Å². The van der Waals surface area contributed by atoms with Crippen LogP contribution in [0.3, 0.4) is 0 Å². The van der Waals surface area contributed by atoms with E-state index in [0.29, 0.717) is 19.1 Å². The quantitative estimate of drug-likeness (QED) is 0.835. The Balaban J connectivity index is 1.98. The first-order chi connectivity index (χ1) is 11.3. The number of likely N-dealkylation sites (tertiary alicyclic amines) is 1. The molecule has 0 aromatic heterocycles. The van der Waals surface area contributed by atoms with Gasteiger partial charge in [-0.3, -0.25) is 4.79 Å². The van der Waals surface area contributed by atoms with Crippen molar-refractivity contribution in [3.63, 3.8) is 0 Å². The van der Waals surface area contributed by atoms with Crippen LogP contribution in [-0.2, 0) is 14.3 Å². The summed E-state index contributed by atoms with van der Waals surface area (Å²) in [6.07, 6.45) is 4.67. The molecule has 6 heteroatoms. The van der Waals surface area contributed by atoms with Crippen molar-refractivity contribution >= 4 is 12.0 Å². The Morgan fingerprint density at radius 3 is 2.46 bits per heavy atom. The highest BCUT2D eigenvalue weighted by Gasteiger charge is 2.38. The van der Waals surface area contributed by atoms with Crippen molar-refractivity contribution in [2.75, 3.05) is 26.8 Å². The van der Waals surface area contributed by atoms with Crippen LogP contribution in [-0.4, -0.2) is 55.3 Å². The molecule has 1 saturated heterocycles. The van der Waals surface area contributed by atoms with Crippen LogP contribution in [0.1, 0.15) is 52.9 Å². The number of hydrogen-bond acceptors (Lipinski definition) is 4. The van der Waals surface area contributed by atoms with Gasteiger partial charge in [-0.15, -0.1) is 0 Å². The summed E-state index contributed by atoms with van der Waals surface area (Å²) < 4.78 is 10.6. The molecular formula is C18H32N2O4. The number of nitrogens with one attached hydrogen (secondary N) is 1. The summed E-state index contributed by atoms with van der Waals surface area (Å²) in [5, 5.41) is 2.84. The predicted octanol–water partition coefficient (Wildman–Crippen LogP) is 2.56. The Kier molecular flexibility index (Phi) is 6.49. The summed E-state index contributed by atoms with van der Waals surface area (Å²) in [5.74, 6) is 0.649. The molecule has 1 aliphatic carbocycles. The lowest BCUT2D eigenvalue weighted by molar-refractivity contribution is -0.138. The first kappa shape index (κ1) is 19.0. The van der Waals surface area contributed by atoms with Crippen LogP contribution < -0.4 is 5.32 Å². The molecule has 0 radical (unpaired) electrons. The van der Waals surface area contributed by atoms with Gasteiger partial charge in [-0.05, 0) is 58.3 Å². The van der Waals surface area contributed by atoms with Crippen molar-refractivity contribution in [3.8, 4) is 0 Å². The zero-order valence-electron chi connectivity index (χ0n) is 15.5. The Labute approximate surface area is 145 Å². The molecule has 2 aliphatic rings. The molecule has 1 aliphatic heterocycles. The number of carbonyl (C=O) groups is 2. The largest absolute Gasteiger partial charge is 0.444 e. The molecule has 6 nitrogen and oxygen atoms in total. The van der Waals surface area contributed by atoms with Gasteiger partial charge >= 0.3 is 6.09 Å². The van der Waals surface area contributed by atoms with Gasteiger partial charge in [0.2, 0.25) is 5.91 Å². The number of amides is 2. The van der Waals surface area contributed by atoms with Gasteiger partial charge in [-0.1, -0.05) is 6.42 Å². The van der Waals surface area contributed by atoms with Crippen molar-refractivity contribution in [3.05, 3.63) is 0 Å². The maximum atomic E-state index is 13.0. The zero-order valence-corrected chi connectivity index (χ0v) is 15.5. The highest BCUT2D eigenvalue weighted by molar-refractivity contribution is 5.86. The molecule has 24 heavy (non-hydrogen) atoms. The lowest BCUT2D eigenvalue weighted by Crippen LogP contribution is -2.56. The third-order valence-corrected chi connectivity index (χ3v) is 4.79. The molecular weight excluding hydrogens is 308 g/mol. The molecule has 0 aromatic rings. The van der Waals surface area contributed by atoms with Crippen LogP contribution in [0, 0.1) is 11.8 Å². The smallest absolute Gasteiger partial charge is 0.408 e. The van der Waals surface area contributed by atoms with Gasteiger partial charge in [0, 0.05) is 20.2 Å². The first-order valence-corrected chi connectivity index (χ1v) is 9.07. The van der Waals surface area contributed by atoms with Crippen LogP contribution in [0.25, 0.3) is 0 Å². The fourth-order valence-corrected chi connectivity index (χ4v) is 3.42. The molecule has 1 saturated carbocycles. The van der Waals surface area contributed by atoms with Gasteiger partial charge in [-0.2, -0.15) is 0 Å². The van der Waals surface area contributed by atoms with Crippen molar-refractivity contribution in [1.82, 2.24) is 10.2 Å². The molecule has 0 aromatic carbocycles. The third kappa shape index (κ3) is 5.36. The highest BCUT2D eigenvalue weighted by atomic mass is 16.6. The number of piperidine rings is 1. The number of nitrogens with zero attached hydrogens (tertiary/aromatic N) is 1. The van der Waals surface area contributed by atoms with E-state index in [2.05, 4.69) is 5.32 Å². The van der Waals surface area contributed by atoms with Crippen molar-refractivity contribution in [2.45, 2.75) is 64.5 Å².